The molecular weight excluding hydrogens is 323 g/mol. The third-order valence-corrected chi connectivity index (χ3v) is 4.37. The molecule has 0 saturated carbocycles. The lowest BCUT2D eigenvalue weighted by Gasteiger charge is -2.36. The maximum Gasteiger partial charge on any atom is 0.123 e. The van der Waals surface area contributed by atoms with Crippen LogP contribution in [0.15, 0.2) is 22.7 Å². The minimum Gasteiger partial charge on any atom is -0.383 e. The van der Waals surface area contributed by atoms with Gasteiger partial charge in [0.25, 0.3) is 0 Å². The van der Waals surface area contributed by atoms with Crippen LogP contribution in [0.3, 0.4) is 0 Å². The zero-order valence-electron chi connectivity index (χ0n) is 12.4. The predicted octanol–water partition coefficient (Wildman–Crippen LogP) is 3.33. The van der Waals surface area contributed by atoms with E-state index in [1.165, 1.54) is 6.07 Å². The molecule has 0 radical (unpaired) electrons. The van der Waals surface area contributed by atoms with Crippen LogP contribution in [0.1, 0.15) is 31.9 Å². The van der Waals surface area contributed by atoms with Crippen LogP contribution in [-0.2, 0) is 4.74 Å². The van der Waals surface area contributed by atoms with Crippen molar-refractivity contribution in [1.82, 2.24) is 4.90 Å². The fourth-order valence-electron chi connectivity index (χ4n) is 2.33. The fourth-order valence-corrected chi connectivity index (χ4v) is 2.84. The predicted molar refractivity (Wildman–Crippen MR) is 84.2 cm³/mol. The Morgan fingerprint density at radius 3 is 2.70 bits per heavy atom. The average Bonchev–Trinajstić information content (AvgIpc) is 2.45. The van der Waals surface area contributed by atoms with Gasteiger partial charge >= 0.3 is 0 Å². The minimum absolute atomic E-state index is 0.0230. The largest absolute Gasteiger partial charge is 0.383 e. The number of hydrogen-bond acceptors (Lipinski definition) is 3. The molecule has 20 heavy (non-hydrogen) atoms. The van der Waals surface area contributed by atoms with E-state index >= 15 is 0 Å². The summed E-state index contributed by atoms with van der Waals surface area (Å²) in [6, 6.07) is 5.07. The summed E-state index contributed by atoms with van der Waals surface area (Å²) in [5, 5.41) is 0. The second-order valence-electron chi connectivity index (χ2n) is 4.91. The molecule has 2 N–H and O–H groups in total. The van der Waals surface area contributed by atoms with Crippen LogP contribution in [0.2, 0.25) is 0 Å². The highest BCUT2D eigenvalue weighted by Gasteiger charge is 2.24. The van der Waals surface area contributed by atoms with Gasteiger partial charge < -0.3 is 10.5 Å². The average molecular weight is 347 g/mol. The van der Waals surface area contributed by atoms with Gasteiger partial charge in [0.15, 0.2) is 0 Å². The zero-order chi connectivity index (χ0) is 15.1. The summed E-state index contributed by atoms with van der Waals surface area (Å²) < 4.78 is 19.6. The first-order valence-electron chi connectivity index (χ1n) is 6.94. The Balaban J connectivity index is 3.07. The normalized spacial score (nSPS) is 14.6. The van der Waals surface area contributed by atoms with Crippen molar-refractivity contribution in [3.8, 4) is 0 Å². The molecule has 0 spiro atoms. The van der Waals surface area contributed by atoms with E-state index in [9.17, 15) is 4.39 Å². The van der Waals surface area contributed by atoms with Crippen molar-refractivity contribution >= 4 is 15.9 Å². The lowest BCUT2D eigenvalue weighted by Crippen LogP contribution is -2.42. The molecule has 1 aromatic carbocycles. The number of hydrogen-bond donors (Lipinski definition) is 1. The van der Waals surface area contributed by atoms with Crippen molar-refractivity contribution in [1.29, 1.82) is 0 Å². The molecule has 114 valence electrons. The number of methoxy groups -OCH3 is 1. The van der Waals surface area contributed by atoms with Crippen LogP contribution in [0.25, 0.3) is 0 Å². The highest BCUT2D eigenvalue weighted by molar-refractivity contribution is 9.10. The standard InChI is InChI=1S/C15H24BrFN2O/c1-4-11(2)19(7-8-20-3)15(10-18)13-9-12(17)5-6-14(13)16/h5-6,9,11,15H,4,7-8,10,18H2,1-3H3. The van der Waals surface area contributed by atoms with Crippen LogP contribution in [0.4, 0.5) is 4.39 Å². The topological polar surface area (TPSA) is 38.5 Å². The fraction of sp³-hybridized carbons (Fsp3) is 0.600. The first-order chi connectivity index (χ1) is 9.54. The van der Waals surface area contributed by atoms with Gasteiger partial charge in [-0.15, -0.1) is 0 Å². The molecular formula is C15H24BrFN2O. The molecule has 0 aliphatic heterocycles. The van der Waals surface area contributed by atoms with Crippen LogP contribution in [0, 0.1) is 5.82 Å². The van der Waals surface area contributed by atoms with Crippen molar-refractivity contribution in [2.45, 2.75) is 32.4 Å². The molecule has 0 aromatic heterocycles. The number of halogens is 2. The quantitative estimate of drug-likeness (QED) is 0.784. The van der Waals surface area contributed by atoms with E-state index in [1.807, 2.05) is 0 Å². The minimum atomic E-state index is -0.238. The molecule has 2 unspecified atom stereocenters. The van der Waals surface area contributed by atoms with Gasteiger partial charge in [-0.2, -0.15) is 0 Å². The Hall–Kier alpha value is -0.490. The molecule has 2 atom stereocenters. The highest BCUT2D eigenvalue weighted by atomic mass is 79.9. The first kappa shape index (κ1) is 17.6. The number of benzene rings is 1. The van der Waals surface area contributed by atoms with E-state index in [1.54, 1.807) is 19.2 Å². The Labute approximate surface area is 129 Å². The molecule has 0 amide bonds. The van der Waals surface area contributed by atoms with Gasteiger partial charge in [-0.1, -0.05) is 22.9 Å². The summed E-state index contributed by atoms with van der Waals surface area (Å²) in [5.74, 6) is -0.238. The van der Waals surface area contributed by atoms with Crippen LogP contribution in [0.5, 0.6) is 0 Å². The van der Waals surface area contributed by atoms with Crippen LogP contribution >= 0.6 is 15.9 Å². The van der Waals surface area contributed by atoms with Crippen molar-refractivity contribution < 1.29 is 9.13 Å². The summed E-state index contributed by atoms with van der Waals surface area (Å²) >= 11 is 3.50. The van der Waals surface area contributed by atoms with E-state index in [0.29, 0.717) is 19.2 Å². The van der Waals surface area contributed by atoms with E-state index in [0.717, 1.165) is 23.0 Å². The molecule has 5 heteroatoms. The van der Waals surface area contributed by atoms with Crippen molar-refractivity contribution in [2.75, 3.05) is 26.8 Å². The summed E-state index contributed by atoms with van der Waals surface area (Å²) in [7, 11) is 1.68. The van der Waals surface area contributed by atoms with Crippen LogP contribution < -0.4 is 5.73 Å². The van der Waals surface area contributed by atoms with Gasteiger partial charge in [-0.05, 0) is 37.1 Å². The van der Waals surface area contributed by atoms with Gasteiger partial charge in [0.05, 0.1) is 6.61 Å². The van der Waals surface area contributed by atoms with Gasteiger partial charge in [0, 0.05) is 36.8 Å². The van der Waals surface area contributed by atoms with Gasteiger partial charge in [0.2, 0.25) is 0 Å². The Morgan fingerprint density at radius 1 is 1.45 bits per heavy atom. The van der Waals surface area contributed by atoms with E-state index < -0.39 is 0 Å². The smallest absolute Gasteiger partial charge is 0.123 e. The third-order valence-electron chi connectivity index (χ3n) is 3.65. The molecule has 0 bridgehead atoms. The lowest BCUT2D eigenvalue weighted by molar-refractivity contribution is 0.0899. The molecule has 1 rings (SSSR count). The van der Waals surface area contributed by atoms with E-state index in [2.05, 4.69) is 34.7 Å². The molecule has 0 heterocycles. The van der Waals surface area contributed by atoms with Gasteiger partial charge in [-0.25, -0.2) is 4.39 Å². The van der Waals surface area contributed by atoms with Crippen molar-refractivity contribution in [3.63, 3.8) is 0 Å². The Morgan fingerprint density at radius 2 is 2.15 bits per heavy atom. The summed E-state index contributed by atoms with van der Waals surface area (Å²) in [4.78, 5) is 2.28. The Bertz CT molecular complexity index is 417. The maximum absolute atomic E-state index is 13.5. The molecule has 3 nitrogen and oxygen atoms in total. The summed E-state index contributed by atoms with van der Waals surface area (Å²) in [6.07, 6.45) is 1.01. The lowest BCUT2D eigenvalue weighted by atomic mass is 10.0. The summed E-state index contributed by atoms with van der Waals surface area (Å²) in [6.45, 7) is 6.14. The third kappa shape index (κ3) is 4.52. The SMILES string of the molecule is CCC(C)N(CCOC)C(CN)c1cc(F)ccc1Br. The second kappa shape index (κ2) is 8.72. The summed E-state index contributed by atoms with van der Waals surface area (Å²) in [5.41, 5.74) is 6.86. The number of ether oxygens (including phenoxy) is 1. The molecule has 0 aliphatic carbocycles. The van der Waals surface area contributed by atoms with Gasteiger partial charge in [0.1, 0.15) is 5.82 Å². The number of nitrogens with two attached hydrogens (primary N) is 1. The Kier molecular flexibility index (Phi) is 7.66. The molecule has 0 saturated heterocycles. The van der Waals surface area contributed by atoms with E-state index in [4.69, 9.17) is 10.5 Å². The van der Waals surface area contributed by atoms with Crippen molar-refractivity contribution in [2.24, 2.45) is 5.73 Å². The van der Waals surface area contributed by atoms with Crippen molar-refractivity contribution in [3.05, 3.63) is 34.1 Å². The molecule has 0 fully saturated rings. The number of rotatable bonds is 8. The number of nitrogens with zero attached hydrogens (tertiary/aromatic N) is 1. The highest BCUT2D eigenvalue weighted by Crippen LogP contribution is 2.29. The molecule has 1 aromatic rings. The maximum atomic E-state index is 13.5. The molecule has 0 aliphatic rings. The van der Waals surface area contributed by atoms with E-state index in [-0.39, 0.29) is 11.9 Å². The zero-order valence-corrected chi connectivity index (χ0v) is 14.0. The van der Waals surface area contributed by atoms with Crippen LogP contribution in [-0.4, -0.2) is 37.7 Å². The van der Waals surface area contributed by atoms with Gasteiger partial charge in [-0.3, -0.25) is 4.90 Å². The second-order valence-corrected chi connectivity index (χ2v) is 5.76. The monoisotopic (exact) mass is 346 g/mol. The first-order valence-corrected chi connectivity index (χ1v) is 7.74.